The molecule has 0 aliphatic carbocycles. The van der Waals surface area contributed by atoms with E-state index in [1.54, 1.807) is 18.2 Å². The quantitative estimate of drug-likeness (QED) is 0.342. The molecule has 3 rings (SSSR count). The zero-order chi connectivity index (χ0) is 21.0. The van der Waals surface area contributed by atoms with E-state index in [4.69, 9.17) is 14.2 Å². The molecule has 1 atom stereocenters. The summed E-state index contributed by atoms with van der Waals surface area (Å²) in [5.41, 5.74) is -0.108. The van der Waals surface area contributed by atoms with E-state index >= 15 is 0 Å². The molecule has 0 radical (unpaired) electrons. The van der Waals surface area contributed by atoms with Crippen molar-refractivity contribution in [3.8, 4) is 11.5 Å². The summed E-state index contributed by atoms with van der Waals surface area (Å²) in [6.07, 6.45) is 1.44. The van der Waals surface area contributed by atoms with Gasteiger partial charge in [-0.25, -0.2) is 4.79 Å². The second-order valence-electron chi connectivity index (χ2n) is 5.94. The summed E-state index contributed by atoms with van der Waals surface area (Å²) in [7, 11) is 0. The molecule has 0 saturated heterocycles. The Hall–Kier alpha value is -3.95. The van der Waals surface area contributed by atoms with Crippen molar-refractivity contribution < 1.29 is 33.1 Å². The molecule has 1 heterocycles. The maximum Gasteiger partial charge on any atom is 0.331 e. The fourth-order valence-corrected chi connectivity index (χ4v) is 2.42. The van der Waals surface area contributed by atoms with E-state index in [0.717, 1.165) is 24.3 Å². The summed E-state index contributed by atoms with van der Waals surface area (Å²) in [6, 6.07) is 8.00. The Morgan fingerprint density at radius 1 is 1.24 bits per heavy atom. The van der Waals surface area contributed by atoms with Crippen molar-refractivity contribution in [3.05, 3.63) is 64.0 Å². The molecule has 1 amide bonds. The number of carbonyl (C=O) groups excluding carboxylic acids is 2. The minimum atomic E-state index is -1.19. The van der Waals surface area contributed by atoms with Crippen molar-refractivity contribution in [3.63, 3.8) is 0 Å². The molecule has 1 unspecified atom stereocenters. The second-order valence-corrected chi connectivity index (χ2v) is 5.94. The number of fused-ring (bicyclic) bond motifs is 1. The van der Waals surface area contributed by atoms with Gasteiger partial charge in [0, 0.05) is 17.8 Å². The Kier molecular flexibility index (Phi) is 5.72. The summed E-state index contributed by atoms with van der Waals surface area (Å²) in [5, 5.41) is 13.1. The summed E-state index contributed by atoms with van der Waals surface area (Å²) in [5.74, 6) is -1.36. The van der Waals surface area contributed by atoms with Gasteiger partial charge in [0.15, 0.2) is 17.6 Å². The highest BCUT2D eigenvalue weighted by molar-refractivity contribution is 5.96. The lowest BCUT2D eigenvalue weighted by molar-refractivity contribution is -0.387. The van der Waals surface area contributed by atoms with Crippen LogP contribution in [-0.4, -0.2) is 29.7 Å². The van der Waals surface area contributed by atoms with Crippen LogP contribution >= 0.6 is 0 Å². The molecule has 2 aromatic carbocycles. The van der Waals surface area contributed by atoms with Crippen molar-refractivity contribution in [2.45, 2.75) is 13.0 Å². The molecule has 1 N–H and O–H groups in total. The molecule has 1 aliphatic heterocycles. The van der Waals surface area contributed by atoms with Crippen LogP contribution in [0.3, 0.4) is 0 Å². The molecule has 0 spiro atoms. The van der Waals surface area contributed by atoms with Crippen LogP contribution in [0.1, 0.15) is 12.5 Å². The molecule has 150 valence electrons. The summed E-state index contributed by atoms with van der Waals surface area (Å²) < 4.78 is 28.8. The lowest BCUT2D eigenvalue weighted by Crippen LogP contribution is -2.29. The number of anilines is 1. The zero-order valence-electron chi connectivity index (χ0n) is 15.1. The second kappa shape index (κ2) is 8.38. The van der Waals surface area contributed by atoms with Gasteiger partial charge in [0.05, 0.1) is 4.92 Å². The number of hydrogen-bond donors (Lipinski definition) is 1. The van der Waals surface area contributed by atoms with E-state index in [9.17, 15) is 24.1 Å². The van der Waals surface area contributed by atoms with Crippen molar-refractivity contribution in [2.75, 3.05) is 12.1 Å². The van der Waals surface area contributed by atoms with Gasteiger partial charge < -0.3 is 19.5 Å². The van der Waals surface area contributed by atoms with Crippen LogP contribution in [0.2, 0.25) is 0 Å². The van der Waals surface area contributed by atoms with Crippen LogP contribution in [-0.2, 0) is 14.3 Å². The number of amides is 1. The van der Waals surface area contributed by atoms with E-state index in [1.165, 1.54) is 13.0 Å². The minimum absolute atomic E-state index is 0.00176. The van der Waals surface area contributed by atoms with Crippen molar-refractivity contribution >= 4 is 29.3 Å². The number of nitro benzene ring substituents is 1. The maximum atomic E-state index is 13.3. The molecule has 9 nitrogen and oxygen atoms in total. The van der Waals surface area contributed by atoms with Gasteiger partial charge in [-0.1, -0.05) is 6.07 Å². The van der Waals surface area contributed by atoms with Crippen LogP contribution < -0.4 is 14.8 Å². The SMILES string of the molecule is CC(OC(=O)/C=C/c1ccc2c(c1)OCO2)C(=O)Nc1ccc(F)c([N+](=O)[O-])c1. The van der Waals surface area contributed by atoms with Crippen molar-refractivity contribution in [1.29, 1.82) is 0 Å². The number of rotatable bonds is 6. The normalized spacial score (nSPS) is 13.2. The number of nitrogens with zero attached hydrogens (tertiary/aromatic N) is 1. The first-order valence-electron chi connectivity index (χ1n) is 8.36. The Morgan fingerprint density at radius 2 is 2.00 bits per heavy atom. The highest BCUT2D eigenvalue weighted by Crippen LogP contribution is 2.32. The number of benzene rings is 2. The summed E-state index contributed by atoms with van der Waals surface area (Å²) in [6.45, 7) is 1.47. The lowest BCUT2D eigenvalue weighted by atomic mass is 10.2. The van der Waals surface area contributed by atoms with Crippen LogP contribution in [0.15, 0.2) is 42.5 Å². The Labute approximate surface area is 163 Å². The third-order valence-electron chi connectivity index (χ3n) is 3.88. The van der Waals surface area contributed by atoms with Crippen molar-refractivity contribution in [2.24, 2.45) is 0 Å². The van der Waals surface area contributed by atoms with Gasteiger partial charge in [0.25, 0.3) is 5.91 Å². The molecular weight excluding hydrogens is 387 g/mol. The summed E-state index contributed by atoms with van der Waals surface area (Å²) >= 11 is 0. The van der Waals surface area contributed by atoms with E-state index < -0.39 is 34.4 Å². The van der Waals surface area contributed by atoms with Gasteiger partial charge in [-0.3, -0.25) is 14.9 Å². The van der Waals surface area contributed by atoms with E-state index in [1.807, 2.05) is 0 Å². The van der Waals surface area contributed by atoms with Gasteiger partial charge in [0.1, 0.15) is 0 Å². The largest absolute Gasteiger partial charge is 0.454 e. The minimum Gasteiger partial charge on any atom is -0.454 e. The topological polar surface area (TPSA) is 117 Å². The molecule has 1 aliphatic rings. The van der Waals surface area contributed by atoms with Crippen LogP contribution in [0.5, 0.6) is 11.5 Å². The van der Waals surface area contributed by atoms with Gasteiger partial charge >= 0.3 is 11.7 Å². The van der Waals surface area contributed by atoms with E-state index in [-0.39, 0.29) is 12.5 Å². The fraction of sp³-hybridized carbons (Fsp3) is 0.158. The number of halogens is 1. The van der Waals surface area contributed by atoms with Crippen LogP contribution in [0.25, 0.3) is 6.08 Å². The predicted octanol–water partition coefficient (Wildman–Crippen LogP) is 3.05. The number of nitro groups is 1. The molecule has 0 fully saturated rings. The summed E-state index contributed by atoms with van der Waals surface area (Å²) in [4.78, 5) is 33.9. The lowest BCUT2D eigenvalue weighted by Gasteiger charge is -2.12. The maximum absolute atomic E-state index is 13.3. The molecule has 0 aromatic heterocycles. The highest BCUT2D eigenvalue weighted by atomic mass is 19.1. The van der Waals surface area contributed by atoms with Gasteiger partial charge in [-0.2, -0.15) is 4.39 Å². The first-order chi connectivity index (χ1) is 13.8. The molecular formula is C19H15FN2O7. The monoisotopic (exact) mass is 402 g/mol. The van der Waals surface area contributed by atoms with Gasteiger partial charge in [0.2, 0.25) is 12.6 Å². The predicted molar refractivity (Wildman–Crippen MR) is 98.8 cm³/mol. The standard InChI is InChI=1S/C19H15FN2O7/c1-11(19(24)21-13-4-5-14(20)15(9-13)22(25)26)29-18(23)7-3-12-2-6-16-17(8-12)28-10-27-16/h2-9,11H,10H2,1H3,(H,21,24)/b7-3+. The Balaban J connectivity index is 1.57. The average molecular weight is 402 g/mol. The van der Waals surface area contributed by atoms with Gasteiger partial charge in [-0.15, -0.1) is 0 Å². The van der Waals surface area contributed by atoms with E-state index in [0.29, 0.717) is 17.1 Å². The third-order valence-corrected chi connectivity index (χ3v) is 3.88. The van der Waals surface area contributed by atoms with Crippen LogP contribution in [0, 0.1) is 15.9 Å². The fourth-order valence-electron chi connectivity index (χ4n) is 2.42. The van der Waals surface area contributed by atoms with Crippen LogP contribution in [0.4, 0.5) is 15.8 Å². The number of carbonyl (C=O) groups is 2. The number of nitrogens with one attached hydrogen (secondary N) is 1. The molecule has 0 bridgehead atoms. The highest BCUT2D eigenvalue weighted by Gasteiger charge is 2.20. The first-order valence-corrected chi connectivity index (χ1v) is 8.36. The first kappa shape index (κ1) is 19.8. The van der Waals surface area contributed by atoms with Gasteiger partial charge in [-0.05, 0) is 42.8 Å². The smallest absolute Gasteiger partial charge is 0.331 e. The molecule has 2 aromatic rings. The average Bonchev–Trinajstić information content (AvgIpc) is 3.15. The number of esters is 1. The number of ether oxygens (including phenoxy) is 3. The Bertz CT molecular complexity index is 1010. The molecule has 29 heavy (non-hydrogen) atoms. The third kappa shape index (κ3) is 4.86. The number of hydrogen-bond acceptors (Lipinski definition) is 7. The zero-order valence-corrected chi connectivity index (χ0v) is 15.1. The van der Waals surface area contributed by atoms with Crippen molar-refractivity contribution in [1.82, 2.24) is 0 Å². The molecule has 10 heteroatoms. The van der Waals surface area contributed by atoms with E-state index in [2.05, 4.69) is 5.32 Å². The Morgan fingerprint density at radius 3 is 2.76 bits per heavy atom. The molecule has 0 saturated carbocycles.